The molecule has 24 heavy (non-hydrogen) atoms. The molecule has 0 saturated heterocycles. The smallest absolute Gasteiger partial charge is 0.464 e. The number of esters is 1. The lowest BCUT2D eigenvalue weighted by atomic mass is 9.67. The Bertz CT molecular complexity index is 673. The monoisotopic (exact) mass is 367 g/mol. The predicted molar refractivity (Wildman–Crippen MR) is 79.1 cm³/mol. The quantitative estimate of drug-likeness (QED) is 0.460. The molecule has 136 valence electrons. The van der Waals surface area contributed by atoms with Gasteiger partial charge in [-0.15, -0.1) is 0 Å². The highest BCUT2D eigenvalue weighted by Gasteiger charge is 2.51. The number of halogens is 3. The molecule has 0 aromatic heterocycles. The Morgan fingerprint density at radius 1 is 1.42 bits per heavy atom. The number of nitrogens with one attached hydrogen (secondary N) is 1. The Kier molecular flexibility index (Phi) is 4.23. The van der Waals surface area contributed by atoms with Gasteiger partial charge in [-0.2, -0.15) is 13.2 Å². The maximum absolute atomic E-state index is 12.4. The molecule has 0 aliphatic heterocycles. The van der Waals surface area contributed by atoms with Gasteiger partial charge >= 0.3 is 21.5 Å². The van der Waals surface area contributed by atoms with Crippen LogP contribution in [-0.4, -0.2) is 33.0 Å². The molecule has 0 radical (unpaired) electrons. The molecule has 0 amide bonds. The standard InChI is InChI=1S/C15H20F3NO4S/c1-14(7-9-4-10-6-11(8-14)12(10)5-9)13(20)23-3-2-19-24(21,22)15(16,17)18/h8-10,12,19H,2-7H2,1H3. The minimum atomic E-state index is -5.40. The van der Waals surface area contributed by atoms with E-state index in [4.69, 9.17) is 4.74 Å². The van der Waals surface area contributed by atoms with Crippen molar-refractivity contribution in [1.29, 1.82) is 0 Å². The zero-order valence-corrected chi connectivity index (χ0v) is 14.0. The number of sulfonamides is 1. The molecule has 4 atom stereocenters. The van der Waals surface area contributed by atoms with E-state index < -0.39 is 40.1 Å². The second-order valence-electron chi connectivity index (χ2n) is 7.23. The Labute approximate surface area is 138 Å². The largest absolute Gasteiger partial charge is 0.511 e. The fraction of sp³-hybridized carbons (Fsp3) is 0.800. The summed E-state index contributed by atoms with van der Waals surface area (Å²) in [5.74, 6) is 1.30. The molecule has 3 rings (SSSR count). The van der Waals surface area contributed by atoms with Crippen molar-refractivity contribution in [2.45, 2.75) is 38.1 Å². The van der Waals surface area contributed by atoms with Crippen LogP contribution in [0.25, 0.3) is 0 Å². The van der Waals surface area contributed by atoms with E-state index in [1.807, 2.05) is 6.08 Å². The van der Waals surface area contributed by atoms with Crippen LogP contribution in [0.1, 0.15) is 32.6 Å². The number of hydrogen-bond acceptors (Lipinski definition) is 4. The van der Waals surface area contributed by atoms with Crippen LogP contribution in [0.3, 0.4) is 0 Å². The highest BCUT2D eigenvalue weighted by atomic mass is 32.2. The van der Waals surface area contributed by atoms with E-state index in [9.17, 15) is 26.4 Å². The summed E-state index contributed by atoms with van der Waals surface area (Å²) in [4.78, 5) is 12.4. The molecule has 2 bridgehead atoms. The summed E-state index contributed by atoms with van der Waals surface area (Å²) in [6, 6.07) is 0. The predicted octanol–water partition coefficient (Wildman–Crippen LogP) is 2.35. The molecule has 9 heteroatoms. The fourth-order valence-corrected chi connectivity index (χ4v) is 4.84. The molecule has 2 saturated carbocycles. The van der Waals surface area contributed by atoms with E-state index in [1.54, 1.807) is 6.92 Å². The number of rotatable bonds is 5. The maximum Gasteiger partial charge on any atom is 0.511 e. The topological polar surface area (TPSA) is 72.5 Å². The molecule has 3 aliphatic rings. The minimum absolute atomic E-state index is 0.427. The van der Waals surface area contributed by atoms with E-state index in [0.717, 1.165) is 25.2 Å². The summed E-state index contributed by atoms with van der Waals surface area (Å²) >= 11 is 0. The van der Waals surface area contributed by atoms with E-state index in [-0.39, 0.29) is 0 Å². The van der Waals surface area contributed by atoms with E-state index in [1.165, 1.54) is 10.3 Å². The minimum Gasteiger partial charge on any atom is -0.464 e. The Morgan fingerprint density at radius 3 is 2.79 bits per heavy atom. The molecule has 0 aromatic carbocycles. The number of hydrogen-bond donors (Lipinski definition) is 1. The molecule has 0 aromatic rings. The highest BCUT2D eigenvalue weighted by Crippen LogP contribution is 2.59. The SMILES string of the molecule is CC1(C(=O)OCCNS(=O)(=O)C(F)(F)F)C=C2CC3CC(CC23)C1. The zero-order chi connectivity index (χ0) is 17.8. The van der Waals surface area contributed by atoms with Gasteiger partial charge in [-0.1, -0.05) is 11.6 Å². The lowest BCUT2D eigenvalue weighted by Crippen LogP contribution is -2.39. The first kappa shape index (κ1) is 17.7. The van der Waals surface area contributed by atoms with Crippen molar-refractivity contribution >= 4 is 16.0 Å². The maximum atomic E-state index is 12.4. The van der Waals surface area contributed by atoms with Gasteiger partial charge in [-0.25, -0.2) is 13.1 Å². The first-order valence-corrected chi connectivity index (χ1v) is 9.45. The molecule has 5 nitrogen and oxygen atoms in total. The third-order valence-corrected chi connectivity index (χ3v) is 6.58. The second-order valence-corrected chi connectivity index (χ2v) is 8.99. The summed E-state index contributed by atoms with van der Waals surface area (Å²) in [7, 11) is -5.40. The van der Waals surface area contributed by atoms with Crippen molar-refractivity contribution in [3.63, 3.8) is 0 Å². The average Bonchev–Trinajstić information content (AvgIpc) is 2.68. The molecule has 1 N–H and O–H groups in total. The number of fused-ring (bicyclic) bond motifs is 1. The number of allylic oxidation sites excluding steroid dienone is 1. The Hall–Kier alpha value is -1.09. The van der Waals surface area contributed by atoms with E-state index >= 15 is 0 Å². The second kappa shape index (κ2) is 5.72. The third-order valence-electron chi connectivity index (χ3n) is 5.38. The summed E-state index contributed by atoms with van der Waals surface area (Å²) in [6.07, 6.45) is 5.89. The van der Waals surface area contributed by atoms with Crippen LogP contribution in [0.2, 0.25) is 0 Å². The molecular weight excluding hydrogens is 347 g/mol. The first-order valence-electron chi connectivity index (χ1n) is 7.96. The van der Waals surface area contributed by atoms with Gasteiger partial charge in [-0.3, -0.25) is 4.79 Å². The van der Waals surface area contributed by atoms with Gasteiger partial charge in [0.25, 0.3) is 0 Å². The highest BCUT2D eigenvalue weighted by molar-refractivity contribution is 7.90. The van der Waals surface area contributed by atoms with Crippen molar-refractivity contribution in [3.05, 3.63) is 11.6 Å². The number of ether oxygens (including phenoxy) is 1. The van der Waals surface area contributed by atoms with Gasteiger partial charge in [0, 0.05) is 6.54 Å². The lowest BCUT2D eigenvalue weighted by molar-refractivity contribution is -0.152. The van der Waals surface area contributed by atoms with Crippen LogP contribution in [0.15, 0.2) is 11.6 Å². The van der Waals surface area contributed by atoms with Crippen LogP contribution in [0, 0.1) is 23.2 Å². The van der Waals surface area contributed by atoms with Crippen LogP contribution >= 0.6 is 0 Å². The summed E-state index contributed by atoms with van der Waals surface area (Å²) in [6.45, 7) is 0.758. The van der Waals surface area contributed by atoms with Crippen molar-refractivity contribution in [2.75, 3.05) is 13.2 Å². The Morgan fingerprint density at radius 2 is 2.12 bits per heavy atom. The number of carbonyl (C=O) groups excluding carboxylic acids is 1. The van der Waals surface area contributed by atoms with E-state index in [2.05, 4.69) is 0 Å². The summed E-state index contributed by atoms with van der Waals surface area (Å²) in [5.41, 5.74) is -4.85. The number of carbonyl (C=O) groups is 1. The summed E-state index contributed by atoms with van der Waals surface area (Å²) in [5, 5.41) is 0. The molecule has 3 aliphatic carbocycles. The molecule has 0 heterocycles. The molecular formula is C15H20F3NO4S. The van der Waals surface area contributed by atoms with Gasteiger partial charge < -0.3 is 4.74 Å². The average molecular weight is 367 g/mol. The van der Waals surface area contributed by atoms with Gasteiger partial charge in [0.15, 0.2) is 0 Å². The van der Waals surface area contributed by atoms with Crippen molar-refractivity contribution in [2.24, 2.45) is 23.2 Å². The number of alkyl halides is 3. The van der Waals surface area contributed by atoms with E-state index in [0.29, 0.717) is 18.3 Å². The van der Waals surface area contributed by atoms with Crippen molar-refractivity contribution in [1.82, 2.24) is 4.72 Å². The van der Waals surface area contributed by atoms with Gasteiger partial charge in [-0.05, 0) is 50.4 Å². The van der Waals surface area contributed by atoms with Crippen LogP contribution < -0.4 is 4.72 Å². The van der Waals surface area contributed by atoms with Crippen LogP contribution in [-0.2, 0) is 19.6 Å². The summed E-state index contributed by atoms with van der Waals surface area (Å²) < 4.78 is 64.7. The normalized spacial score (nSPS) is 35.0. The van der Waals surface area contributed by atoms with Gasteiger partial charge in [0.1, 0.15) is 6.61 Å². The lowest BCUT2D eigenvalue weighted by Gasteiger charge is -2.37. The molecule has 0 spiro atoms. The van der Waals surface area contributed by atoms with Crippen molar-refractivity contribution in [3.8, 4) is 0 Å². The third kappa shape index (κ3) is 3.08. The Balaban J connectivity index is 1.54. The first-order chi connectivity index (χ1) is 11.0. The van der Waals surface area contributed by atoms with Crippen LogP contribution in [0.5, 0.6) is 0 Å². The molecule has 2 fully saturated rings. The van der Waals surface area contributed by atoms with Crippen molar-refractivity contribution < 1.29 is 31.1 Å². The van der Waals surface area contributed by atoms with Gasteiger partial charge in [0.2, 0.25) is 0 Å². The van der Waals surface area contributed by atoms with Gasteiger partial charge in [0.05, 0.1) is 5.41 Å². The molecule has 4 unspecified atom stereocenters. The zero-order valence-electron chi connectivity index (χ0n) is 13.2. The fourth-order valence-electron chi connectivity index (χ4n) is 4.32. The van der Waals surface area contributed by atoms with Crippen LogP contribution in [0.4, 0.5) is 13.2 Å².